The number of rotatable bonds is 5. The van der Waals surface area contributed by atoms with E-state index in [1.165, 1.54) is 0 Å². The smallest absolute Gasteiger partial charge is 0.303 e. The zero-order chi connectivity index (χ0) is 14.7. The van der Waals surface area contributed by atoms with Crippen LogP contribution in [0.5, 0.6) is 0 Å². The Balaban J connectivity index is 2.34. The first-order valence-corrected chi connectivity index (χ1v) is 5.46. The molecule has 0 aliphatic heterocycles. The van der Waals surface area contributed by atoms with Crippen molar-refractivity contribution in [1.29, 1.82) is 0 Å². The summed E-state index contributed by atoms with van der Waals surface area (Å²) in [7, 11) is 0. The number of benzene rings is 1. The summed E-state index contributed by atoms with van der Waals surface area (Å²) in [6, 6.07) is 2.85. The molecule has 0 radical (unpaired) electrons. The highest BCUT2D eigenvalue weighted by atomic mass is 19.1. The van der Waals surface area contributed by atoms with Crippen molar-refractivity contribution >= 4 is 11.7 Å². The van der Waals surface area contributed by atoms with E-state index < -0.39 is 16.7 Å². The van der Waals surface area contributed by atoms with Gasteiger partial charge in [0.2, 0.25) is 5.89 Å². The number of nitrogens with zero attached hydrogens (tertiary/aromatic N) is 3. The molecule has 0 atom stereocenters. The molecule has 2 rings (SSSR count). The normalized spacial score (nSPS) is 10.4. The Morgan fingerprint density at radius 1 is 1.45 bits per heavy atom. The van der Waals surface area contributed by atoms with Crippen LogP contribution >= 0.6 is 0 Å². The van der Waals surface area contributed by atoms with Gasteiger partial charge in [-0.3, -0.25) is 14.9 Å². The molecule has 0 aliphatic carbocycles. The quantitative estimate of drug-likeness (QED) is 0.655. The van der Waals surface area contributed by atoms with E-state index in [9.17, 15) is 19.3 Å². The third-order valence-electron chi connectivity index (χ3n) is 2.41. The molecule has 0 spiro atoms. The predicted molar refractivity (Wildman–Crippen MR) is 62.3 cm³/mol. The molecular weight excluding hydrogens is 273 g/mol. The lowest BCUT2D eigenvalue weighted by Crippen LogP contribution is -1.97. The number of aromatic nitrogens is 2. The Hall–Kier alpha value is -2.84. The van der Waals surface area contributed by atoms with Crippen LogP contribution in [-0.4, -0.2) is 26.2 Å². The summed E-state index contributed by atoms with van der Waals surface area (Å²) in [6.07, 6.45) is -0.224. The molecule has 0 saturated carbocycles. The van der Waals surface area contributed by atoms with Gasteiger partial charge in [-0.15, -0.1) is 10.2 Å². The molecule has 8 nitrogen and oxygen atoms in total. The maximum absolute atomic E-state index is 13.2. The van der Waals surface area contributed by atoms with Gasteiger partial charge in [0.15, 0.2) is 0 Å². The largest absolute Gasteiger partial charge is 0.481 e. The van der Waals surface area contributed by atoms with Crippen LogP contribution in [-0.2, 0) is 11.2 Å². The number of carboxylic acids is 1. The highest BCUT2D eigenvalue weighted by Gasteiger charge is 2.21. The average molecular weight is 281 g/mol. The fourth-order valence-electron chi connectivity index (χ4n) is 1.52. The highest BCUT2D eigenvalue weighted by molar-refractivity contribution is 5.67. The molecule has 20 heavy (non-hydrogen) atoms. The number of aliphatic carboxylic acids is 1. The second kappa shape index (κ2) is 5.43. The first-order chi connectivity index (χ1) is 9.47. The van der Waals surface area contributed by atoms with Crippen molar-refractivity contribution in [2.24, 2.45) is 0 Å². The zero-order valence-electron chi connectivity index (χ0n) is 9.95. The summed E-state index contributed by atoms with van der Waals surface area (Å²) in [4.78, 5) is 20.6. The minimum atomic E-state index is -1.04. The van der Waals surface area contributed by atoms with E-state index in [-0.39, 0.29) is 35.9 Å². The first-order valence-electron chi connectivity index (χ1n) is 5.46. The number of carboxylic acid groups (broad SMARTS) is 1. The van der Waals surface area contributed by atoms with Crippen LogP contribution in [0.1, 0.15) is 12.3 Å². The standard InChI is InChI=1S/C11H8FN3O5/c12-6-1-2-8(15(18)19)7(5-6)11-14-13-9(20-11)3-4-10(16)17/h1-2,5H,3-4H2,(H,16,17). The molecule has 9 heteroatoms. The molecule has 104 valence electrons. The molecule has 1 heterocycles. The summed E-state index contributed by atoms with van der Waals surface area (Å²) in [5, 5.41) is 26.5. The SMILES string of the molecule is O=C(O)CCc1nnc(-c2cc(F)ccc2[N+](=O)[O-])o1. The van der Waals surface area contributed by atoms with Gasteiger partial charge >= 0.3 is 5.97 Å². The monoisotopic (exact) mass is 281 g/mol. The number of halogens is 1. The van der Waals surface area contributed by atoms with Gasteiger partial charge < -0.3 is 9.52 Å². The molecular formula is C11H8FN3O5. The third-order valence-corrected chi connectivity index (χ3v) is 2.41. The zero-order valence-corrected chi connectivity index (χ0v) is 9.95. The molecule has 0 fully saturated rings. The van der Waals surface area contributed by atoms with E-state index in [0.29, 0.717) is 0 Å². The van der Waals surface area contributed by atoms with Crippen molar-refractivity contribution in [3.63, 3.8) is 0 Å². The Bertz CT molecular complexity index is 670. The van der Waals surface area contributed by atoms with Gasteiger partial charge in [0.05, 0.1) is 11.3 Å². The van der Waals surface area contributed by atoms with E-state index in [4.69, 9.17) is 9.52 Å². The van der Waals surface area contributed by atoms with Crippen LogP contribution in [0.4, 0.5) is 10.1 Å². The second-order valence-corrected chi connectivity index (χ2v) is 3.81. The molecule has 1 aromatic heterocycles. The van der Waals surface area contributed by atoms with Crippen molar-refractivity contribution in [2.45, 2.75) is 12.8 Å². The van der Waals surface area contributed by atoms with Crippen LogP contribution in [0.25, 0.3) is 11.5 Å². The molecule has 0 aliphatic rings. The van der Waals surface area contributed by atoms with Crippen LogP contribution in [0.3, 0.4) is 0 Å². The minimum absolute atomic E-state index is 0.00849. The number of nitro benzene ring substituents is 1. The summed E-state index contributed by atoms with van der Waals surface area (Å²) in [5.74, 6) is -1.94. The molecule has 0 unspecified atom stereocenters. The lowest BCUT2D eigenvalue weighted by molar-refractivity contribution is -0.384. The summed E-state index contributed by atoms with van der Waals surface area (Å²) < 4.78 is 18.3. The lowest BCUT2D eigenvalue weighted by Gasteiger charge is -1.98. The number of aryl methyl sites for hydroxylation is 1. The van der Waals surface area contributed by atoms with Crippen molar-refractivity contribution < 1.29 is 23.6 Å². The molecule has 0 amide bonds. The molecule has 0 bridgehead atoms. The van der Waals surface area contributed by atoms with Crippen LogP contribution in [0, 0.1) is 15.9 Å². The van der Waals surface area contributed by atoms with Crippen molar-refractivity contribution in [2.75, 3.05) is 0 Å². The number of nitro groups is 1. The van der Waals surface area contributed by atoms with Gasteiger partial charge in [0.1, 0.15) is 11.4 Å². The lowest BCUT2D eigenvalue weighted by atomic mass is 10.2. The molecule has 1 aromatic carbocycles. The Morgan fingerprint density at radius 2 is 2.20 bits per heavy atom. The maximum atomic E-state index is 13.2. The third kappa shape index (κ3) is 2.94. The van der Waals surface area contributed by atoms with Gasteiger partial charge in [0, 0.05) is 12.5 Å². The molecule has 0 saturated heterocycles. The van der Waals surface area contributed by atoms with E-state index >= 15 is 0 Å². The topological polar surface area (TPSA) is 119 Å². The molecule has 1 N–H and O–H groups in total. The van der Waals surface area contributed by atoms with Gasteiger partial charge in [-0.25, -0.2) is 4.39 Å². The number of hydrogen-bond donors (Lipinski definition) is 1. The second-order valence-electron chi connectivity index (χ2n) is 3.81. The van der Waals surface area contributed by atoms with E-state index in [1.807, 2.05) is 0 Å². The van der Waals surface area contributed by atoms with E-state index in [0.717, 1.165) is 18.2 Å². The highest BCUT2D eigenvalue weighted by Crippen LogP contribution is 2.29. The summed E-state index contributed by atoms with van der Waals surface area (Å²) >= 11 is 0. The van der Waals surface area contributed by atoms with Gasteiger partial charge in [-0.05, 0) is 12.1 Å². The predicted octanol–water partition coefficient (Wildman–Crippen LogP) is 1.80. The number of carbonyl (C=O) groups is 1. The van der Waals surface area contributed by atoms with Gasteiger partial charge in [-0.2, -0.15) is 0 Å². The fourth-order valence-corrected chi connectivity index (χ4v) is 1.52. The summed E-state index contributed by atoms with van der Waals surface area (Å²) in [5.41, 5.74) is -0.524. The van der Waals surface area contributed by atoms with Crippen molar-refractivity contribution in [3.05, 3.63) is 40.0 Å². The summed E-state index contributed by atoms with van der Waals surface area (Å²) in [6.45, 7) is 0. The van der Waals surface area contributed by atoms with Crippen LogP contribution < -0.4 is 0 Å². The van der Waals surface area contributed by atoms with Gasteiger partial charge in [0.25, 0.3) is 11.6 Å². The van der Waals surface area contributed by atoms with Gasteiger partial charge in [-0.1, -0.05) is 0 Å². The Kier molecular flexibility index (Phi) is 3.69. The van der Waals surface area contributed by atoms with Crippen molar-refractivity contribution in [1.82, 2.24) is 10.2 Å². The minimum Gasteiger partial charge on any atom is -0.481 e. The van der Waals surface area contributed by atoms with E-state index in [2.05, 4.69) is 10.2 Å². The maximum Gasteiger partial charge on any atom is 0.303 e. The van der Waals surface area contributed by atoms with E-state index in [1.54, 1.807) is 0 Å². The van der Waals surface area contributed by atoms with Crippen LogP contribution in [0.2, 0.25) is 0 Å². The van der Waals surface area contributed by atoms with Crippen LogP contribution in [0.15, 0.2) is 22.6 Å². The Labute approximate surface area is 111 Å². The average Bonchev–Trinajstić information content (AvgIpc) is 2.84. The first kappa shape index (κ1) is 13.6. The fraction of sp³-hybridized carbons (Fsp3) is 0.182. The van der Waals surface area contributed by atoms with Crippen molar-refractivity contribution in [3.8, 4) is 11.5 Å². The number of hydrogen-bond acceptors (Lipinski definition) is 6. The Morgan fingerprint density at radius 3 is 2.85 bits per heavy atom. The molecule has 2 aromatic rings.